The van der Waals surface area contributed by atoms with Gasteiger partial charge in [-0.25, -0.2) is 9.59 Å². The molecule has 0 aliphatic carbocycles. The zero-order chi connectivity index (χ0) is 28.4. The number of methoxy groups -OCH3 is 1. The van der Waals surface area contributed by atoms with Crippen molar-refractivity contribution in [1.82, 2.24) is 10.2 Å². The molecule has 3 rings (SSSR count). The molecule has 208 valence electrons. The lowest BCUT2D eigenvalue weighted by Gasteiger charge is -2.35. The zero-order valence-electron chi connectivity index (χ0n) is 22.4. The van der Waals surface area contributed by atoms with E-state index in [1.54, 1.807) is 26.0 Å². The molecule has 0 bridgehead atoms. The molecule has 2 aromatic rings. The van der Waals surface area contributed by atoms with Crippen molar-refractivity contribution in [3.05, 3.63) is 65.2 Å². The number of likely N-dealkylation sites (tertiary alicyclic amines) is 1. The van der Waals surface area contributed by atoms with E-state index in [4.69, 9.17) is 9.47 Å². The van der Waals surface area contributed by atoms with E-state index in [1.165, 1.54) is 18.1 Å². The maximum absolute atomic E-state index is 13.4. The number of nitrogens with zero attached hydrogens (tertiary/aromatic N) is 1. The van der Waals surface area contributed by atoms with Gasteiger partial charge in [0.2, 0.25) is 0 Å². The lowest BCUT2D eigenvalue weighted by molar-refractivity contribution is -0.145. The first-order chi connectivity index (χ1) is 17.7. The molecule has 10 heteroatoms. The van der Waals surface area contributed by atoms with E-state index in [0.29, 0.717) is 11.1 Å². The number of carbonyl (C=O) groups is 2. The summed E-state index contributed by atoms with van der Waals surface area (Å²) in [7, 11) is 1.30. The Hall–Kier alpha value is -3.27. The summed E-state index contributed by atoms with van der Waals surface area (Å²) in [5.74, 6) is -1.69. The third-order valence-electron chi connectivity index (χ3n) is 6.75. The largest absolute Gasteiger partial charge is 0.496 e. The van der Waals surface area contributed by atoms with Gasteiger partial charge in [0, 0.05) is 24.1 Å². The second-order valence-corrected chi connectivity index (χ2v) is 10.8. The molecule has 7 nitrogen and oxygen atoms in total. The molecule has 2 aromatic carbocycles. The van der Waals surface area contributed by atoms with Gasteiger partial charge in [-0.3, -0.25) is 4.90 Å². The third-order valence-corrected chi connectivity index (χ3v) is 6.75. The predicted molar refractivity (Wildman–Crippen MR) is 136 cm³/mol. The molecule has 0 radical (unpaired) electrons. The van der Waals surface area contributed by atoms with E-state index < -0.39 is 59.4 Å². The first-order valence-corrected chi connectivity index (χ1v) is 12.4. The number of alkyl halides is 3. The van der Waals surface area contributed by atoms with Gasteiger partial charge >= 0.3 is 18.2 Å². The Kier molecular flexibility index (Phi) is 8.65. The number of halogens is 3. The van der Waals surface area contributed by atoms with E-state index in [1.807, 2.05) is 39.0 Å². The van der Waals surface area contributed by atoms with Gasteiger partial charge in [0.25, 0.3) is 0 Å². The molecule has 2 N–H and O–H groups in total. The third kappa shape index (κ3) is 6.23. The maximum Gasteiger partial charge on any atom is 0.416 e. The van der Waals surface area contributed by atoms with Gasteiger partial charge in [-0.05, 0) is 37.0 Å². The van der Waals surface area contributed by atoms with E-state index in [-0.39, 0.29) is 12.3 Å². The fourth-order valence-corrected chi connectivity index (χ4v) is 5.24. The first kappa shape index (κ1) is 29.3. The number of nitrogens with one attached hydrogen (secondary N) is 1. The van der Waals surface area contributed by atoms with Crippen molar-refractivity contribution in [3.8, 4) is 5.75 Å². The highest BCUT2D eigenvalue weighted by atomic mass is 19.4. The van der Waals surface area contributed by atoms with Gasteiger partial charge < -0.3 is 19.9 Å². The second-order valence-electron chi connectivity index (χ2n) is 10.8. The maximum atomic E-state index is 13.4. The van der Waals surface area contributed by atoms with Crippen molar-refractivity contribution in [2.45, 2.75) is 71.6 Å². The standard InChI is InChI=1S/C28H35F3N2O5/c1-16(2)38-26(36)33-23(17-10-8-7-9-11-17)22(21(27(3,4)5)24(33)25(34)35)32-15-18-12-13-19(28(29,30)31)14-20(18)37-6/h7-14,16,21-24,32H,15H2,1-6H3,(H,34,35)/t21-,22-,23-,24-/m0/s1. The van der Waals surface area contributed by atoms with Crippen LogP contribution < -0.4 is 10.1 Å². The first-order valence-electron chi connectivity index (χ1n) is 12.4. The number of carbonyl (C=O) groups excluding carboxylic acids is 1. The summed E-state index contributed by atoms with van der Waals surface area (Å²) >= 11 is 0. The summed E-state index contributed by atoms with van der Waals surface area (Å²) in [5.41, 5.74) is -0.231. The van der Waals surface area contributed by atoms with Gasteiger partial charge in [-0.1, -0.05) is 57.2 Å². The van der Waals surface area contributed by atoms with Crippen LogP contribution in [0.15, 0.2) is 48.5 Å². The van der Waals surface area contributed by atoms with Crippen LogP contribution in [0.25, 0.3) is 0 Å². The van der Waals surface area contributed by atoms with Gasteiger partial charge in [0.05, 0.1) is 24.8 Å². The number of hydrogen-bond donors (Lipinski definition) is 2. The minimum atomic E-state index is -4.52. The molecule has 0 saturated carbocycles. The van der Waals surface area contributed by atoms with Crippen molar-refractivity contribution >= 4 is 12.1 Å². The highest BCUT2D eigenvalue weighted by molar-refractivity contribution is 5.82. The molecular formula is C28H35F3N2O5. The van der Waals surface area contributed by atoms with Crippen molar-refractivity contribution in [2.75, 3.05) is 7.11 Å². The van der Waals surface area contributed by atoms with Gasteiger partial charge in [0.1, 0.15) is 11.8 Å². The van der Waals surface area contributed by atoms with E-state index >= 15 is 0 Å². The lowest BCUT2D eigenvalue weighted by Crippen LogP contribution is -2.48. The molecule has 1 aliphatic rings. The highest BCUT2D eigenvalue weighted by Gasteiger charge is 2.58. The second kappa shape index (κ2) is 11.2. The quantitative estimate of drug-likeness (QED) is 0.459. The van der Waals surface area contributed by atoms with Crippen LogP contribution in [0.5, 0.6) is 5.75 Å². The number of carboxylic acids is 1. The Labute approximate surface area is 220 Å². The number of aliphatic carboxylic acids is 1. The van der Waals surface area contributed by atoms with Crippen molar-refractivity contribution < 1.29 is 37.3 Å². The average molecular weight is 537 g/mol. The van der Waals surface area contributed by atoms with Crippen LogP contribution in [-0.2, 0) is 22.3 Å². The minimum Gasteiger partial charge on any atom is -0.496 e. The van der Waals surface area contributed by atoms with Crippen LogP contribution in [0.2, 0.25) is 0 Å². The molecule has 4 atom stereocenters. The smallest absolute Gasteiger partial charge is 0.416 e. The van der Waals surface area contributed by atoms with Crippen LogP contribution in [0.3, 0.4) is 0 Å². The lowest BCUT2D eigenvalue weighted by atomic mass is 9.72. The van der Waals surface area contributed by atoms with E-state index in [0.717, 1.165) is 12.1 Å². The molecule has 1 amide bonds. The Morgan fingerprint density at radius 3 is 2.21 bits per heavy atom. The van der Waals surface area contributed by atoms with Crippen LogP contribution in [0.4, 0.5) is 18.0 Å². The summed E-state index contributed by atoms with van der Waals surface area (Å²) in [6, 6.07) is 9.82. The number of benzene rings is 2. The normalized spacial score (nSPS) is 22.0. The Balaban J connectivity index is 2.10. The predicted octanol–water partition coefficient (Wildman–Crippen LogP) is 5.89. The molecule has 1 aliphatic heterocycles. The monoisotopic (exact) mass is 536 g/mol. The molecule has 0 unspecified atom stereocenters. The van der Waals surface area contributed by atoms with Crippen LogP contribution >= 0.6 is 0 Å². The van der Waals surface area contributed by atoms with Crippen LogP contribution in [0.1, 0.15) is 57.4 Å². The Bertz CT molecular complexity index is 1130. The summed E-state index contributed by atoms with van der Waals surface area (Å²) < 4.78 is 50.5. The highest BCUT2D eigenvalue weighted by Crippen LogP contribution is 2.48. The topological polar surface area (TPSA) is 88.1 Å². The fourth-order valence-electron chi connectivity index (χ4n) is 5.24. The average Bonchev–Trinajstić information content (AvgIpc) is 3.18. The molecule has 0 aromatic heterocycles. The van der Waals surface area contributed by atoms with Gasteiger partial charge in [-0.15, -0.1) is 0 Å². The van der Waals surface area contributed by atoms with Crippen molar-refractivity contribution in [3.63, 3.8) is 0 Å². The summed E-state index contributed by atoms with van der Waals surface area (Å²) in [5, 5.41) is 13.7. The number of carboxylic acid groups (broad SMARTS) is 1. The minimum absolute atomic E-state index is 0.0553. The SMILES string of the molecule is COc1cc(C(F)(F)F)ccc1CN[C@H]1[C@H](C(C)(C)C)[C@@H](C(=O)O)N(C(=O)OC(C)C)[C@H]1c1ccccc1. The Morgan fingerprint density at radius 1 is 1.08 bits per heavy atom. The molecule has 1 saturated heterocycles. The van der Waals surface area contributed by atoms with Crippen LogP contribution in [0, 0.1) is 11.3 Å². The number of ether oxygens (including phenoxy) is 2. The van der Waals surface area contributed by atoms with E-state index in [2.05, 4.69) is 5.32 Å². The van der Waals surface area contributed by atoms with Gasteiger partial charge in [0.15, 0.2) is 0 Å². The van der Waals surface area contributed by atoms with Gasteiger partial charge in [-0.2, -0.15) is 13.2 Å². The number of rotatable bonds is 7. The fraction of sp³-hybridized carbons (Fsp3) is 0.500. The number of amides is 1. The molecule has 0 spiro atoms. The van der Waals surface area contributed by atoms with Crippen LogP contribution in [-0.4, -0.2) is 47.4 Å². The summed E-state index contributed by atoms with van der Waals surface area (Å²) in [6.45, 7) is 9.17. The zero-order valence-corrected chi connectivity index (χ0v) is 22.4. The molecule has 38 heavy (non-hydrogen) atoms. The summed E-state index contributed by atoms with van der Waals surface area (Å²) in [4.78, 5) is 27.3. The van der Waals surface area contributed by atoms with Crippen molar-refractivity contribution in [1.29, 1.82) is 0 Å². The Morgan fingerprint density at radius 2 is 1.71 bits per heavy atom. The number of hydrogen-bond acceptors (Lipinski definition) is 5. The molecule has 1 heterocycles. The summed E-state index contributed by atoms with van der Waals surface area (Å²) in [6.07, 6.45) is -5.73. The van der Waals surface area contributed by atoms with E-state index in [9.17, 15) is 27.9 Å². The molecular weight excluding hydrogens is 501 g/mol. The molecule has 1 fully saturated rings. The van der Waals surface area contributed by atoms with Crippen molar-refractivity contribution in [2.24, 2.45) is 11.3 Å².